The Bertz CT molecular complexity index is 362. The molecule has 0 bridgehead atoms. The molecule has 2 nitrogen and oxygen atoms in total. The molecule has 2 rings (SSSR count). The molecule has 1 saturated heterocycles. The molecule has 0 unspecified atom stereocenters. The van der Waals surface area contributed by atoms with E-state index in [1.165, 1.54) is 19.3 Å². The van der Waals surface area contributed by atoms with Gasteiger partial charge in [-0.15, -0.1) is 0 Å². The first-order chi connectivity index (χ1) is 8.25. The summed E-state index contributed by atoms with van der Waals surface area (Å²) in [5.41, 5.74) is 1.06. The molecule has 0 aliphatic carbocycles. The lowest BCUT2D eigenvalue weighted by Gasteiger charge is -2.23. The maximum Gasteiger partial charge on any atom is 0.0451 e. The Kier molecular flexibility index (Phi) is 5.11. The van der Waals surface area contributed by atoms with Crippen LogP contribution in [0, 0.1) is 0 Å². The molecule has 1 aliphatic heterocycles. The van der Waals surface area contributed by atoms with Crippen LogP contribution >= 0.6 is 23.2 Å². The molecular formula is C13H18Cl2N2. The predicted octanol–water partition coefficient (Wildman–Crippen LogP) is 3.23. The van der Waals surface area contributed by atoms with Crippen molar-refractivity contribution in [2.45, 2.75) is 31.8 Å². The summed E-state index contributed by atoms with van der Waals surface area (Å²) in [4.78, 5) is 0. The molecule has 1 aromatic carbocycles. The fraction of sp³-hybridized carbons (Fsp3) is 0.538. The first-order valence-electron chi connectivity index (χ1n) is 6.14. The summed E-state index contributed by atoms with van der Waals surface area (Å²) < 4.78 is 0. The number of hydrogen-bond donors (Lipinski definition) is 2. The van der Waals surface area contributed by atoms with Crippen LogP contribution in [0.3, 0.4) is 0 Å². The van der Waals surface area contributed by atoms with E-state index >= 15 is 0 Å². The highest BCUT2D eigenvalue weighted by Crippen LogP contribution is 2.20. The lowest BCUT2D eigenvalue weighted by atomic mass is 10.1. The van der Waals surface area contributed by atoms with Crippen LogP contribution in [-0.2, 0) is 6.54 Å². The van der Waals surface area contributed by atoms with Crippen molar-refractivity contribution in [1.29, 1.82) is 0 Å². The number of hydrogen-bond acceptors (Lipinski definition) is 2. The summed E-state index contributed by atoms with van der Waals surface area (Å²) >= 11 is 12.0. The zero-order valence-electron chi connectivity index (χ0n) is 9.81. The Morgan fingerprint density at radius 1 is 1.29 bits per heavy atom. The number of halogens is 2. The Hall–Kier alpha value is -0.280. The van der Waals surface area contributed by atoms with Crippen LogP contribution in [0.1, 0.15) is 24.8 Å². The van der Waals surface area contributed by atoms with Crippen LogP contribution in [0.5, 0.6) is 0 Å². The Morgan fingerprint density at radius 2 is 2.18 bits per heavy atom. The van der Waals surface area contributed by atoms with Gasteiger partial charge in [0.05, 0.1) is 0 Å². The van der Waals surface area contributed by atoms with Gasteiger partial charge in [-0.05, 0) is 43.1 Å². The highest BCUT2D eigenvalue weighted by atomic mass is 35.5. The molecule has 0 spiro atoms. The van der Waals surface area contributed by atoms with Gasteiger partial charge >= 0.3 is 0 Å². The van der Waals surface area contributed by atoms with Gasteiger partial charge in [-0.2, -0.15) is 0 Å². The second-order valence-corrected chi connectivity index (χ2v) is 5.36. The summed E-state index contributed by atoms with van der Waals surface area (Å²) in [7, 11) is 0. The average molecular weight is 273 g/mol. The van der Waals surface area contributed by atoms with Crippen LogP contribution in [-0.4, -0.2) is 19.1 Å². The second-order valence-electron chi connectivity index (χ2n) is 4.51. The molecule has 1 atom stereocenters. The zero-order valence-corrected chi connectivity index (χ0v) is 11.3. The number of rotatable bonds is 4. The minimum absolute atomic E-state index is 0.599. The van der Waals surface area contributed by atoms with Gasteiger partial charge < -0.3 is 10.6 Å². The first kappa shape index (κ1) is 13.2. The molecule has 4 heteroatoms. The lowest BCUT2D eigenvalue weighted by Crippen LogP contribution is -2.41. The lowest BCUT2D eigenvalue weighted by molar-refractivity contribution is 0.383. The molecule has 17 heavy (non-hydrogen) atoms. The van der Waals surface area contributed by atoms with E-state index in [0.717, 1.165) is 35.2 Å². The van der Waals surface area contributed by atoms with Gasteiger partial charge in [0, 0.05) is 29.2 Å². The summed E-state index contributed by atoms with van der Waals surface area (Å²) in [6.07, 6.45) is 3.89. The highest BCUT2D eigenvalue weighted by Gasteiger charge is 2.11. The fourth-order valence-corrected chi connectivity index (χ4v) is 2.54. The van der Waals surface area contributed by atoms with E-state index in [9.17, 15) is 0 Å². The number of piperidine rings is 1. The molecule has 0 radical (unpaired) electrons. The van der Waals surface area contributed by atoms with Gasteiger partial charge in [0.1, 0.15) is 0 Å². The van der Waals surface area contributed by atoms with Crippen LogP contribution in [0.15, 0.2) is 18.2 Å². The molecule has 2 N–H and O–H groups in total. The van der Waals surface area contributed by atoms with E-state index in [-0.39, 0.29) is 0 Å². The smallest absolute Gasteiger partial charge is 0.0451 e. The minimum atomic E-state index is 0.599. The maximum atomic E-state index is 6.10. The average Bonchev–Trinajstić information content (AvgIpc) is 2.35. The molecule has 0 saturated carbocycles. The van der Waals surface area contributed by atoms with Crippen molar-refractivity contribution >= 4 is 23.2 Å². The third-order valence-corrected chi connectivity index (χ3v) is 3.73. The van der Waals surface area contributed by atoms with Gasteiger partial charge in [-0.25, -0.2) is 0 Å². The SMILES string of the molecule is Clc1ccc(Cl)c(CNC[C@H]2CCCCN2)c1. The second kappa shape index (κ2) is 6.60. The van der Waals surface area contributed by atoms with Crippen LogP contribution in [0.4, 0.5) is 0 Å². The number of nitrogens with one attached hydrogen (secondary N) is 2. The standard InChI is InChI=1S/C13H18Cl2N2/c14-11-4-5-13(15)10(7-11)8-16-9-12-3-1-2-6-17-12/h4-5,7,12,16-17H,1-3,6,8-9H2/t12-/m1/s1. The monoisotopic (exact) mass is 272 g/mol. The van der Waals surface area contributed by atoms with E-state index in [1.54, 1.807) is 0 Å². The van der Waals surface area contributed by atoms with Gasteiger partial charge in [0.2, 0.25) is 0 Å². The quantitative estimate of drug-likeness (QED) is 0.880. The third-order valence-electron chi connectivity index (χ3n) is 3.13. The largest absolute Gasteiger partial charge is 0.313 e. The summed E-state index contributed by atoms with van der Waals surface area (Å²) in [6.45, 7) is 2.91. The molecule has 1 aliphatic rings. The van der Waals surface area contributed by atoms with Gasteiger partial charge in [-0.3, -0.25) is 0 Å². The van der Waals surface area contributed by atoms with E-state index in [2.05, 4.69) is 10.6 Å². The predicted molar refractivity (Wildman–Crippen MR) is 73.8 cm³/mol. The normalized spacial score (nSPS) is 20.5. The third kappa shape index (κ3) is 4.14. The van der Waals surface area contributed by atoms with Gasteiger partial charge in [0.15, 0.2) is 0 Å². The van der Waals surface area contributed by atoms with E-state index in [4.69, 9.17) is 23.2 Å². The van der Waals surface area contributed by atoms with Crippen LogP contribution < -0.4 is 10.6 Å². The van der Waals surface area contributed by atoms with E-state index in [0.29, 0.717) is 6.04 Å². The summed E-state index contributed by atoms with van der Waals surface area (Å²) in [6, 6.07) is 6.18. The van der Waals surface area contributed by atoms with Crippen molar-refractivity contribution < 1.29 is 0 Å². The Balaban J connectivity index is 1.79. The summed E-state index contributed by atoms with van der Waals surface area (Å²) in [5, 5.41) is 8.46. The molecule has 1 fully saturated rings. The van der Waals surface area contributed by atoms with Crippen molar-refractivity contribution in [1.82, 2.24) is 10.6 Å². The van der Waals surface area contributed by atoms with Crippen molar-refractivity contribution in [3.63, 3.8) is 0 Å². The zero-order chi connectivity index (χ0) is 12.1. The number of benzene rings is 1. The highest BCUT2D eigenvalue weighted by molar-refractivity contribution is 6.33. The summed E-state index contributed by atoms with van der Waals surface area (Å²) in [5.74, 6) is 0. The van der Waals surface area contributed by atoms with Crippen molar-refractivity contribution in [2.75, 3.05) is 13.1 Å². The maximum absolute atomic E-state index is 6.10. The Morgan fingerprint density at radius 3 is 2.94 bits per heavy atom. The van der Waals surface area contributed by atoms with Crippen molar-refractivity contribution in [3.05, 3.63) is 33.8 Å². The Labute approximate surface area is 113 Å². The molecule has 0 aromatic heterocycles. The molecule has 1 aromatic rings. The van der Waals surface area contributed by atoms with Gasteiger partial charge in [-0.1, -0.05) is 29.6 Å². The van der Waals surface area contributed by atoms with E-state index < -0.39 is 0 Å². The van der Waals surface area contributed by atoms with Crippen LogP contribution in [0.25, 0.3) is 0 Å². The van der Waals surface area contributed by atoms with Crippen molar-refractivity contribution in [2.24, 2.45) is 0 Å². The van der Waals surface area contributed by atoms with E-state index in [1.807, 2.05) is 18.2 Å². The fourth-order valence-electron chi connectivity index (χ4n) is 2.16. The molecular weight excluding hydrogens is 255 g/mol. The van der Waals surface area contributed by atoms with Gasteiger partial charge in [0.25, 0.3) is 0 Å². The molecule has 1 heterocycles. The van der Waals surface area contributed by atoms with Crippen molar-refractivity contribution in [3.8, 4) is 0 Å². The van der Waals surface area contributed by atoms with Crippen LogP contribution in [0.2, 0.25) is 10.0 Å². The molecule has 94 valence electrons. The molecule has 0 amide bonds. The minimum Gasteiger partial charge on any atom is -0.313 e. The topological polar surface area (TPSA) is 24.1 Å². The first-order valence-corrected chi connectivity index (χ1v) is 6.89.